The number of nitrogens with two attached hydrogens (primary N) is 1. The summed E-state index contributed by atoms with van der Waals surface area (Å²) in [4.78, 5) is 0. The molecular formula is C17H20FNO2. The molecule has 0 fully saturated rings. The van der Waals surface area contributed by atoms with Gasteiger partial charge in [-0.1, -0.05) is 31.2 Å². The van der Waals surface area contributed by atoms with Crippen molar-refractivity contribution in [3.8, 4) is 17.2 Å². The minimum atomic E-state index is -0.435. The van der Waals surface area contributed by atoms with Crippen LogP contribution in [0.15, 0.2) is 42.5 Å². The Morgan fingerprint density at radius 1 is 1.10 bits per heavy atom. The molecule has 2 aromatic carbocycles. The summed E-state index contributed by atoms with van der Waals surface area (Å²) < 4.78 is 25.4. The molecule has 21 heavy (non-hydrogen) atoms. The zero-order valence-electron chi connectivity index (χ0n) is 12.3. The van der Waals surface area contributed by atoms with E-state index in [1.54, 1.807) is 31.2 Å². The summed E-state index contributed by atoms with van der Waals surface area (Å²) in [6.45, 7) is 4.40. The Bertz CT molecular complexity index is 599. The van der Waals surface area contributed by atoms with E-state index in [2.05, 4.69) is 0 Å². The molecule has 0 radical (unpaired) electrons. The number of ether oxygens (including phenoxy) is 2. The van der Waals surface area contributed by atoms with E-state index in [1.807, 2.05) is 19.1 Å². The van der Waals surface area contributed by atoms with Crippen molar-refractivity contribution < 1.29 is 13.9 Å². The van der Waals surface area contributed by atoms with Crippen LogP contribution in [-0.2, 0) is 0 Å². The average Bonchev–Trinajstić information content (AvgIpc) is 2.48. The van der Waals surface area contributed by atoms with Gasteiger partial charge in [0.2, 0.25) is 0 Å². The van der Waals surface area contributed by atoms with E-state index < -0.39 is 5.82 Å². The van der Waals surface area contributed by atoms with Gasteiger partial charge in [-0.3, -0.25) is 0 Å². The number of hydrogen-bond donors (Lipinski definition) is 1. The fourth-order valence-corrected chi connectivity index (χ4v) is 1.97. The summed E-state index contributed by atoms with van der Waals surface area (Å²) >= 11 is 0. The summed E-state index contributed by atoms with van der Waals surface area (Å²) in [5, 5.41) is 0. The molecule has 1 atom stereocenters. The molecule has 2 rings (SSSR count). The highest BCUT2D eigenvalue weighted by Gasteiger charge is 2.15. The van der Waals surface area contributed by atoms with Crippen LogP contribution < -0.4 is 15.2 Å². The number of para-hydroxylation sites is 3. The van der Waals surface area contributed by atoms with Crippen molar-refractivity contribution in [3.05, 3.63) is 53.8 Å². The van der Waals surface area contributed by atoms with Crippen molar-refractivity contribution in [2.24, 2.45) is 5.73 Å². The normalized spacial score (nSPS) is 12.0. The predicted molar refractivity (Wildman–Crippen MR) is 81.3 cm³/mol. The lowest BCUT2D eigenvalue weighted by Gasteiger charge is -2.16. The number of rotatable bonds is 6. The van der Waals surface area contributed by atoms with Crippen LogP contribution in [0.4, 0.5) is 4.39 Å². The number of benzene rings is 2. The fourth-order valence-electron chi connectivity index (χ4n) is 1.97. The number of halogens is 1. The quantitative estimate of drug-likeness (QED) is 0.855. The van der Waals surface area contributed by atoms with Crippen molar-refractivity contribution in [1.29, 1.82) is 0 Å². The second-order valence-corrected chi connectivity index (χ2v) is 4.84. The lowest BCUT2D eigenvalue weighted by Crippen LogP contribution is -2.08. The van der Waals surface area contributed by atoms with Gasteiger partial charge in [-0.2, -0.15) is 0 Å². The Labute approximate surface area is 124 Å². The smallest absolute Gasteiger partial charge is 0.169 e. The Hall–Kier alpha value is -2.07. The highest BCUT2D eigenvalue weighted by molar-refractivity contribution is 5.46. The zero-order valence-corrected chi connectivity index (χ0v) is 12.3. The van der Waals surface area contributed by atoms with E-state index in [1.165, 1.54) is 6.07 Å². The molecule has 0 aliphatic carbocycles. The molecule has 112 valence electrons. The first-order valence-corrected chi connectivity index (χ1v) is 7.07. The first kappa shape index (κ1) is 15.3. The molecule has 0 amide bonds. The summed E-state index contributed by atoms with van der Waals surface area (Å²) in [5.41, 5.74) is 6.50. The van der Waals surface area contributed by atoms with Crippen molar-refractivity contribution >= 4 is 0 Å². The summed E-state index contributed by atoms with van der Waals surface area (Å²) in [5.74, 6) is 0.798. The second kappa shape index (κ2) is 7.09. The van der Waals surface area contributed by atoms with Crippen LogP contribution in [0.2, 0.25) is 0 Å². The maximum atomic E-state index is 14.1. The maximum Gasteiger partial charge on any atom is 0.169 e. The van der Waals surface area contributed by atoms with Gasteiger partial charge in [0.25, 0.3) is 0 Å². The Kier molecular flexibility index (Phi) is 5.17. The first-order chi connectivity index (χ1) is 10.1. The molecule has 2 N–H and O–H groups in total. The van der Waals surface area contributed by atoms with Crippen molar-refractivity contribution in [2.75, 3.05) is 6.61 Å². The SMILES string of the molecule is CCCOc1ccccc1Oc1c(F)cccc1C(C)N. The van der Waals surface area contributed by atoms with Crippen LogP contribution in [0.1, 0.15) is 31.9 Å². The lowest BCUT2D eigenvalue weighted by molar-refractivity contribution is 0.299. The van der Waals surface area contributed by atoms with Crippen LogP contribution in [0.3, 0.4) is 0 Å². The van der Waals surface area contributed by atoms with Gasteiger partial charge < -0.3 is 15.2 Å². The highest BCUT2D eigenvalue weighted by Crippen LogP contribution is 2.36. The molecule has 0 heterocycles. The van der Waals surface area contributed by atoms with Crippen molar-refractivity contribution in [3.63, 3.8) is 0 Å². The lowest BCUT2D eigenvalue weighted by atomic mass is 10.1. The third-order valence-corrected chi connectivity index (χ3v) is 3.01. The van der Waals surface area contributed by atoms with E-state index in [-0.39, 0.29) is 11.8 Å². The highest BCUT2D eigenvalue weighted by atomic mass is 19.1. The molecule has 0 spiro atoms. The molecule has 0 aromatic heterocycles. The summed E-state index contributed by atoms with van der Waals surface area (Å²) in [7, 11) is 0. The molecule has 1 unspecified atom stereocenters. The van der Waals surface area contributed by atoms with Gasteiger partial charge in [-0.05, 0) is 31.5 Å². The monoisotopic (exact) mass is 289 g/mol. The van der Waals surface area contributed by atoms with Crippen molar-refractivity contribution in [2.45, 2.75) is 26.3 Å². The third kappa shape index (κ3) is 3.73. The zero-order chi connectivity index (χ0) is 15.2. The Morgan fingerprint density at radius 2 is 1.81 bits per heavy atom. The van der Waals surface area contributed by atoms with Crippen LogP contribution in [-0.4, -0.2) is 6.61 Å². The largest absolute Gasteiger partial charge is 0.490 e. The molecular weight excluding hydrogens is 269 g/mol. The second-order valence-electron chi connectivity index (χ2n) is 4.84. The van der Waals surface area contributed by atoms with E-state index in [4.69, 9.17) is 15.2 Å². The van der Waals surface area contributed by atoms with Crippen molar-refractivity contribution in [1.82, 2.24) is 0 Å². The molecule has 0 bridgehead atoms. The topological polar surface area (TPSA) is 44.5 Å². The minimum Gasteiger partial charge on any atom is -0.490 e. The summed E-state index contributed by atoms with van der Waals surface area (Å²) in [6, 6.07) is 11.7. The van der Waals surface area contributed by atoms with Crippen LogP contribution >= 0.6 is 0 Å². The van der Waals surface area contributed by atoms with Gasteiger partial charge >= 0.3 is 0 Å². The van der Waals surface area contributed by atoms with Gasteiger partial charge in [0, 0.05) is 11.6 Å². The molecule has 0 saturated carbocycles. The van der Waals surface area contributed by atoms with E-state index in [9.17, 15) is 4.39 Å². The van der Waals surface area contributed by atoms with Crippen LogP contribution in [0.5, 0.6) is 17.2 Å². The van der Waals surface area contributed by atoms with Crippen LogP contribution in [0, 0.1) is 5.82 Å². The molecule has 0 aliphatic heterocycles. The average molecular weight is 289 g/mol. The molecule has 4 heteroatoms. The van der Waals surface area contributed by atoms with Gasteiger partial charge in [0.05, 0.1) is 6.61 Å². The van der Waals surface area contributed by atoms with Gasteiger partial charge in [-0.25, -0.2) is 4.39 Å². The van der Waals surface area contributed by atoms with E-state index >= 15 is 0 Å². The van der Waals surface area contributed by atoms with E-state index in [0.717, 1.165) is 6.42 Å². The van der Waals surface area contributed by atoms with Crippen LogP contribution in [0.25, 0.3) is 0 Å². The van der Waals surface area contributed by atoms with E-state index in [0.29, 0.717) is 23.7 Å². The van der Waals surface area contributed by atoms with Gasteiger partial charge in [-0.15, -0.1) is 0 Å². The number of hydrogen-bond acceptors (Lipinski definition) is 3. The molecule has 3 nitrogen and oxygen atoms in total. The minimum absolute atomic E-state index is 0.153. The summed E-state index contributed by atoms with van der Waals surface area (Å²) in [6.07, 6.45) is 0.888. The van der Waals surface area contributed by atoms with Gasteiger partial charge in [0.1, 0.15) is 0 Å². The predicted octanol–water partition coefficient (Wildman–Crippen LogP) is 4.43. The Balaban J connectivity index is 2.34. The maximum absolute atomic E-state index is 14.1. The van der Waals surface area contributed by atoms with Gasteiger partial charge in [0.15, 0.2) is 23.1 Å². The fraction of sp³-hybridized carbons (Fsp3) is 0.294. The molecule has 2 aromatic rings. The Morgan fingerprint density at radius 3 is 2.48 bits per heavy atom. The first-order valence-electron chi connectivity index (χ1n) is 7.07. The standard InChI is InChI=1S/C17H20FNO2/c1-3-11-20-15-9-4-5-10-16(15)21-17-13(12(2)19)7-6-8-14(17)18/h4-10,12H,3,11,19H2,1-2H3. The molecule has 0 aliphatic rings. The third-order valence-electron chi connectivity index (χ3n) is 3.01. The molecule has 0 saturated heterocycles.